The van der Waals surface area contributed by atoms with E-state index in [-0.39, 0.29) is 11.3 Å². The number of aromatic nitrogens is 2. The Morgan fingerprint density at radius 3 is 2.73 bits per heavy atom. The first kappa shape index (κ1) is 14.2. The fourth-order valence-corrected chi connectivity index (χ4v) is 2.76. The first-order valence-electron chi connectivity index (χ1n) is 6.53. The van der Waals surface area contributed by atoms with Gasteiger partial charge in [-0.3, -0.25) is 4.79 Å². The molecular formula is C16H11N3O2S. The van der Waals surface area contributed by atoms with E-state index < -0.39 is 5.56 Å². The molecule has 5 nitrogen and oxygen atoms in total. The Morgan fingerprint density at radius 1 is 1.23 bits per heavy atom. The summed E-state index contributed by atoms with van der Waals surface area (Å²) in [6, 6.07) is 15.1. The van der Waals surface area contributed by atoms with Gasteiger partial charge in [-0.2, -0.15) is 5.26 Å². The number of thioether (sulfide) groups is 1. The van der Waals surface area contributed by atoms with Crippen molar-refractivity contribution in [1.82, 2.24) is 9.97 Å². The first-order valence-corrected chi connectivity index (χ1v) is 7.51. The summed E-state index contributed by atoms with van der Waals surface area (Å²) in [7, 11) is 0. The summed E-state index contributed by atoms with van der Waals surface area (Å²) in [4.78, 5) is 19.0. The van der Waals surface area contributed by atoms with E-state index in [4.69, 9.17) is 9.68 Å². The van der Waals surface area contributed by atoms with Crippen LogP contribution in [0.4, 0.5) is 0 Å². The molecule has 0 aliphatic carbocycles. The van der Waals surface area contributed by atoms with Crippen LogP contribution in [0, 0.1) is 11.3 Å². The zero-order valence-corrected chi connectivity index (χ0v) is 12.3. The van der Waals surface area contributed by atoms with Crippen LogP contribution in [0.5, 0.6) is 0 Å². The molecule has 0 saturated heterocycles. The van der Waals surface area contributed by atoms with Gasteiger partial charge >= 0.3 is 0 Å². The lowest BCUT2D eigenvalue weighted by Gasteiger charge is -2.04. The summed E-state index contributed by atoms with van der Waals surface area (Å²) in [5.41, 5.74) is 0.893. The number of nitrogens with zero attached hydrogens (tertiary/aromatic N) is 2. The van der Waals surface area contributed by atoms with Crippen LogP contribution in [-0.2, 0) is 5.75 Å². The lowest BCUT2D eigenvalue weighted by atomic mass is 10.2. The van der Waals surface area contributed by atoms with Crippen molar-refractivity contribution in [1.29, 1.82) is 5.26 Å². The topological polar surface area (TPSA) is 82.7 Å². The molecule has 0 spiro atoms. The third kappa shape index (κ3) is 2.95. The van der Waals surface area contributed by atoms with Crippen molar-refractivity contribution in [2.24, 2.45) is 0 Å². The minimum atomic E-state index is -0.459. The van der Waals surface area contributed by atoms with E-state index in [1.165, 1.54) is 18.0 Å². The van der Waals surface area contributed by atoms with Crippen molar-refractivity contribution in [3.63, 3.8) is 0 Å². The number of aromatic amines is 1. The van der Waals surface area contributed by atoms with Crippen molar-refractivity contribution >= 4 is 11.8 Å². The molecule has 0 bridgehead atoms. The molecule has 1 aromatic carbocycles. The highest BCUT2D eigenvalue weighted by atomic mass is 32.2. The second kappa shape index (κ2) is 6.33. The molecule has 0 atom stereocenters. The fourth-order valence-electron chi connectivity index (χ4n) is 1.94. The molecular weight excluding hydrogens is 298 g/mol. The molecule has 0 aliphatic heterocycles. The van der Waals surface area contributed by atoms with Gasteiger partial charge in [0.25, 0.3) is 5.56 Å². The maximum absolute atomic E-state index is 12.0. The molecule has 108 valence electrons. The van der Waals surface area contributed by atoms with Gasteiger partial charge in [0.15, 0.2) is 10.9 Å². The molecule has 3 aromatic rings. The van der Waals surface area contributed by atoms with Crippen LogP contribution < -0.4 is 5.56 Å². The number of rotatable bonds is 4. The SMILES string of the molecule is N#Cc1c(-c2ccco2)nc(SCc2ccccc2)[nH]c1=O. The highest BCUT2D eigenvalue weighted by molar-refractivity contribution is 7.98. The molecule has 6 heteroatoms. The van der Waals surface area contributed by atoms with E-state index in [1.807, 2.05) is 36.4 Å². The average Bonchev–Trinajstić information content (AvgIpc) is 3.07. The zero-order valence-electron chi connectivity index (χ0n) is 11.4. The predicted molar refractivity (Wildman–Crippen MR) is 83.3 cm³/mol. The lowest BCUT2D eigenvalue weighted by molar-refractivity contribution is 0.578. The summed E-state index contributed by atoms with van der Waals surface area (Å²) in [6.45, 7) is 0. The molecule has 2 aromatic heterocycles. The van der Waals surface area contributed by atoms with Crippen molar-refractivity contribution in [3.05, 3.63) is 70.2 Å². The van der Waals surface area contributed by atoms with Crippen LogP contribution >= 0.6 is 11.8 Å². The molecule has 2 heterocycles. The molecule has 0 fully saturated rings. The van der Waals surface area contributed by atoms with Gasteiger partial charge in [-0.1, -0.05) is 42.1 Å². The molecule has 0 amide bonds. The minimum absolute atomic E-state index is 0.0426. The van der Waals surface area contributed by atoms with Crippen LogP contribution in [0.15, 0.2) is 63.1 Å². The van der Waals surface area contributed by atoms with E-state index >= 15 is 0 Å². The highest BCUT2D eigenvalue weighted by Gasteiger charge is 2.15. The Kier molecular flexibility index (Phi) is 4.08. The fraction of sp³-hybridized carbons (Fsp3) is 0.0625. The van der Waals surface area contributed by atoms with Gasteiger partial charge < -0.3 is 9.40 Å². The van der Waals surface area contributed by atoms with Crippen molar-refractivity contribution < 1.29 is 4.42 Å². The van der Waals surface area contributed by atoms with Gasteiger partial charge in [0.2, 0.25) is 0 Å². The van der Waals surface area contributed by atoms with Gasteiger partial charge in [-0.15, -0.1) is 0 Å². The second-order valence-corrected chi connectivity index (χ2v) is 5.42. The number of H-pyrrole nitrogens is 1. The summed E-state index contributed by atoms with van der Waals surface area (Å²) >= 11 is 1.40. The second-order valence-electron chi connectivity index (χ2n) is 4.46. The van der Waals surface area contributed by atoms with Crippen molar-refractivity contribution in [2.45, 2.75) is 10.9 Å². The maximum Gasteiger partial charge on any atom is 0.270 e. The maximum atomic E-state index is 12.0. The van der Waals surface area contributed by atoms with Gasteiger partial charge in [0.05, 0.1) is 6.26 Å². The largest absolute Gasteiger partial charge is 0.463 e. The molecule has 3 rings (SSSR count). The summed E-state index contributed by atoms with van der Waals surface area (Å²) < 4.78 is 5.26. The van der Waals surface area contributed by atoms with Crippen LogP contribution in [0.25, 0.3) is 11.5 Å². The van der Waals surface area contributed by atoms with Crippen LogP contribution in [-0.4, -0.2) is 9.97 Å². The molecule has 0 unspecified atom stereocenters. The zero-order chi connectivity index (χ0) is 15.4. The number of hydrogen-bond acceptors (Lipinski definition) is 5. The Bertz CT molecular complexity index is 865. The molecule has 0 aliphatic rings. The van der Waals surface area contributed by atoms with Crippen LogP contribution in [0.1, 0.15) is 11.1 Å². The standard InChI is InChI=1S/C16H11N3O2S/c17-9-12-14(13-7-4-8-21-13)18-16(19-15(12)20)22-10-11-5-2-1-3-6-11/h1-8H,10H2,(H,18,19,20). The predicted octanol–water partition coefficient (Wildman–Crippen LogP) is 3.19. The van der Waals surface area contributed by atoms with Crippen molar-refractivity contribution in [3.8, 4) is 17.5 Å². The van der Waals surface area contributed by atoms with E-state index in [2.05, 4.69) is 9.97 Å². The molecule has 0 radical (unpaired) electrons. The third-order valence-electron chi connectivity index (χ3n) is 2.98. The number of nitriles is 1. The minimum Gasteiger partial charge on any atom is -0.463 e. The van der Waals surface area contributed by atoms with E-state index in [0.717, 1.165) is 5.56 Å². The summed E-state index contributed by atoms with van der Waals surface area (Å²) in [5, 5.41) is 9.60. The monoisotopic (exact) mass is 309 g/mol. The van der Waals surface area contributed by atoms with E-state index in [9.17, 15) is 4.79 Å². The van der Waals surface area contributed by atoms with Gasteiger partial charge in [0.1, 0.15) is 17.3 Å². The Morgan fingerprint density at radius 2 is 2.05 bits per heavy atom. The van der Waals surface area contributed by atoms with Gasteiger partial charge in [-0.05, 0) is 17.7 Å². The molecule has 0 saturated carbocycles. The highest BCUT2D eigenvalue weighted by Crippen LogP contribution is 2.24. The van der Waals surface area contributed by atoms with Gasteiger partial charge in [-0.25, -0.2) is 4.98 Å². The quantitative estimate of drug-likeness (QED) is 0.591. The molecule has 22 heavy (non-hydrogen) atoms. The first-order chi connectivity index (χ1) is 10.8. The number of furan rings is 1. The molecule has 1 N–H and O–H groups in total. The summed E-state index contributed by atoms with van der Waals surface area (Å²) in [5.74, 6) is 1.08. The number of nitrogens with one attached hydrogen (secondary N) is 1. The van der Waals surface area contributed by atoms with Crippen LogP contribution in [0.2, 0.25) is 0 Å². The summed E-state index contributed by atoms with van der Waals surface area (Å²) in [6.07, 6.45) is 1.48. The van der Waals surface area contributed by atoms with E-state index in [0.29, 0.717) is 16.7 Å². The smallest absolute Gasteiger partial charge is 0.270 e. The van der Waals surface area contributed by atoms with Gasteiger partial charge in [0, 0.05) is 5.75 Å². The Labute approximate surface area is 130 Å². The number of hydrogen-bond donors (Lipinski definition) is 1. The average molecular weight is 309 g/mol. The van der Waals surface area contributed by atoms with Crippen LogP contribution in [0.3, 0.4) is 0 Å². The normalized spacial score (nSPS) is 10.3. The Balaban J connectivity index is 1.93. The lowest BCUT2D eigenvalue weighted by Crippen LogP contribution is -2.14. The number of benzene rings is 1. The van der Waals surface area contributed by atoms with Crippen molar-refractivity contribution in [2.75, 3.05) is 0 Å². The third-order valence-corrected chi connectivity index (χ3v) is 3.93. The van der Waals surface area contributed by atoms with E-state index in [1.54, 1.807) is 12.1 Å². The Hall–Kier alpha value is -2.78.